The number of rotatable bonds is 6. The van der Waals surface area contributed by atoms with E-state index in [2.05, 4.69) is 30.6 Å². The normalized spacial score (nSPS) is 11.2. The largest absolute Gasteiger partial charge is 0.376 e. The molecule has 0 saturated carbocycles. The van der Waals surface area contributed by atoms with Gasteiger partial charge < -0.3 is 15.5 Å². The molecule has 162 valence electrons. The second-order valence-electron chi connectivity index (χ2n) is 7.32. The average molecular weight is 427 g/mol. The van der Waals surface area contributed by atoms with Crippen molar-refractivity contribution in [1.29, 1.82) is 0 Å². The zero-order chi connectivity index (χ0) is 22.8. The first kappa shape index (κ1) is 22.0. The maximum atomic E-state index is 13.8. The van der Waals surface area contributed by atoms with E-state index in [9.17, 15) is 13.6 Å². The van der Waals surface area contributed by atoms with Crippen molar-refractivity contribution in [3.63, 3.8) is 0 Å². The summed E-state index contributed by atoms with van der Waals surface area (Å²) in [5.74, 6) is -3.56. The van der Waals surface area contributed by atoms with E-state index in [4.69, 9.17) is 0 Å². The number of carbonyl (C=O) groups is 1. The van der Waals surface area contributed by atoms with Crippen LogP contribution in [0.1, 0.15) is 25.4 Å². The van der Waals surface area contributed by atoms with E-state index in [0.717, 1.165) is 12.6 Å². The fourth-order valence-electron chi connectivity index (χ4n) is 2.79. The van der Waals surface area contributed by atoms with Crippen molar-refractivity contribution >= 4 is 28.9 Å². The lowest BCUT2D eigenvalue weighted by Gasteiger charge is -2.16. The fourth-order valence-corrected chi connectivity index (χ4v) is 2.79. The van der Waals surface area contributed by atoms with E-state index >= 15 is 0 Å². The number of halogens is 2. The summed E-state index contributed by atoms with van der Waals surface area (Å²) < 4.78 is 27.6. The molecular weight excluding hydrogens is 404 g/mol. The summed E-state index contributed by atoms with van der Waals surface area (Å²) >= 11 is 0. The average Bonchev–Trinajstić information content (AvgIpc) is 2.67. The van der Waals surface area contributed by atoms with Gasteiger partial charge in [0.15, 0.2) is 0 Å². The molecule has 0 bridgehead atoms. The third-order valence-corrected chi connectivity index (χ3v) is 4.26. The first-order chi connectivity index (χ1) is 14.5. The smallest absolute Gasteiger partial charge is 0.303 e. The van der Waals surface area contributed by atoms with Gasteiger partial charge in [0.1, 0.15) is 11.6 Å². The number of nitrogens with one attached hydrogen (secondary N) is 2. The molecule has 0 atom stereocenters. The van der Waals surface area contributed by atoms with E-state index in [1.54, 1.807) is 31.5 Å². The molecule has 3 aromatic heterocycles. The van der Waals surface area contributed by atoms with Crippen molar-refractivity contribution in [3.8, 4) is 11.3 Å². The summed E-state index contributed by atoms with van der Waals surface area (Å²) in [7, 11) is 3.82. The molecule has 2 N–H and O–H groups in total. The highest BCUT2D eigenvalue weighted by Crippen LogP contribution is 2.32. The van der Waals surface area contributed by atoms with E-state index in [1.807, 2.05) is 31.1 Å². The lowest BCUT2D eigenvalue weighted by Crippen LogP contribution is -2.14. The van der Waals surface area contributed by atoms with Crippen molar-refractivity contribution in [2.75, 3.05) is 29.6 Å². The summed E-state index contributed by atoms with van der Waals surface area (Å²) in [4.78, 5) is 29.9. The van der Waals surface area contributed by atoms with Crippen molar-refractivity contribution < 1.29 is 13.6 Å². The summed E-state index contributed by atoms with van der Waals surface area (Å²) in [6.07, 6.45) is 3.26. The maximum absolute atomic E-state index is 13.8. The highest BCUT2D eigenvalue weighted by molar-refractivity contribution is 5.89. The van der Waals surface area contributed by atoms with Gasteiger partial charge in [0.2, 0.25) is 11.7 Å². The van der Waals surface area contributed by atoms with Crippen LogP contribution in [0.2, 0.25) is 0 Å². The van der Waals surface area contributed by atoms with Crippen LogP contribution in [0.5, 0.6) is 0 Å². The molecule has 3 heterocycles. The molecule has 31 heavy (non-hydrogen) atoms. The number of nitrogens with zero attached hydrogens (tertiary/aromatic N) is 5. The Morgan fingerprint density at radius 2 is 1.81 bits per heavy atom. The van der Waals surface area contributed by atoms with Crippen molar-refractivity contribution in [3.05, 3.63) is 48.2 Å². The van der Waals surface area contributed by atoms with Crippen LogP contribution in [0.25, 0.3) is 11.3 Å². The van der Waals surface area contributed by atoms with Crippen molar-refractivity contribution in [2.24, 2.45) is 0 Å². The lowest BCUT2D eigenvalue weighted by molar-refractivity contribution is -0.114. The zero-order valence-electron chi connectivity index (χ0n) is 17.9. The van der Waals surface area contributed by atoms with Crippen LogP contribution >= 0.6 is 0 Å². The first-order valence-corrected chi connectivity index (χ1v) is 9.45. The second-order valence-corrected chi connectivity index (χ2v) is 7.32. The molecule has 0 saturated heterocycles. The molecule has 0 unspecified atom stereocenters. The molecule has 10 heteroatoms. The maximum Gasteiger partial charge on any atom is 0.303 e. The fraction of sp³-hybridized carbons (Fsp3) is 0.286. The van der Waals surface area contributed by atoms with Gasteiger partial charge in [-0.3, -0.25) is 9.78 Å². The number of aromatic nitrogens is 4. The van der Waals surface area contributed by atoms with Crippen LogP contribution in [0.4, 0.5) is 31.8 Å². The zero-order valence-corrected chi connectivity index (χ0v) is 17.9. The number of hydrogen-bond donors (Lipinski definition) is 2. The van der Waals surface area contributed by atoms with E-state index in [1.165, 1.54) is 6.92 Å². The third kappa shape index (κ3) is 5.47. The summed E-state index contributed by atoms with van der Waals surface area (Å²) in [6.45, 7) is 3.72. The van der Waals surface area contributed by atoms with Crippen molar-refractivity contribution in [1.82, 2.24) is 19.9 Å². The Balaban J connectivity index is 2.06. The van der Waals surface area contributed by atoms with Crippen LogP contribution in [0, 0.1) is 6.92 Å². The molecule has 0 fully saturated rings. The predicted octanol–water partition coefficient (Wildman–Crippen LogP) is 4.12. The Labute approximate surface area is 178 Å². The number of amides is 1. The van der Waals surface area contributed by atoms with Crippen LogP contribution < -0.4 is 15.5 Å². The summed E-state index contributed by atoms with van der Waals surface area (Å²) in [5.41, 5.74) is 3.03. The molecule has 0 aliphatic carbocycles. The predicted molar refractivity (Wildman–Crippen MR) is 116 cm³/mol. The SMILES string of the molecule is CC(=O)Nc1cc(Nc2cc(C)nc(C(C)(F)F)n2)c(-c2ccc(N(C)C)cn2)cn1. The first-order valence-electron chi connectivity index (χ1n) is 9.45. The van der Waals surface area contributed by atoms with Gasteiger partial charge in [-0.25, -0.2) is 15.0 Å². The van der Waals surface area contributed by atoms with Gasteiger partial charge in [0, 0.05) is 57.5 Å². The molecule has 1 amide bonds. The van der Waals surface area contributed by atoms with Gasteiger partial charge in [0.05, 0.1) is 23.3 Å². The molecule has 0 aliphatic heterocycles. The Kier molecular flexibility index (Phi) is 6.09. The second kappa shape index (κ2) is 8.58. The molecule has 0 radical (unpaired) electrons. The molecule has 8 nitrogen and oxygen atoms in total. The van der Waals surface area contributed by atoms with Gasteiger partial charge >= 0.3 is 5.92 Å². The highest BCUT2D eigenvalue weighted by Gasteiger charge is 2.29. The van der Waals surface area contributed by atoms with Gasteiger partial charge in [-0.15, -0.1) is 0 Å². The Morgan fingerprint density at radius 3 is 2.39 bits per heavy atom. The molecular formula is C21H23F2N7O. The number of aryl methyl sites for hydroxylation is 1. The van der Waals surface area contributed by atoms with E-state index in [-0.39, 0.29) is 11.7 Å². The van der Waals surface area contributed by atoms with Crippen LogP contribution in [-0.4, -0.2) is 39.9 Å². The Morgan fingerprint density at radius 1 is 1.06 bits per heavy atom. The Bertz CT molecular complexity index is 1100. The molecule has 0 spiro atoms. The summed E-state index contributed by atoms with van der Waals surface area (Å²) in [6, 6.07) is 6.88. The minimum Gasteiger partial charge on any atom is -0.376 e. The monoisotopic (exact) mass is 427 g/mol. The highest BCUT2D eigenvalue weighted by atomic mass is 19.3. The van der Waals surface area contributed by atoms with Crippen molar-refractivity contribution in [2.45, 2.75) is 26.7 Å². The molecule has 3 aromatic rings. The third-order valence-electron chi connectivity index (χ3n) is 4.26. The van der Waals surface area contributed by atoms with Crippen LogP contribution in [0.3, 0.4) is 0 Å². The summed E-state index contributed by atoms with van der Waals surface area (Å²) in [5, 5.41) is 5.66. The topological polar surface area (TPSA) is 95.9 Å². The number of pyridine rings is 2. The number of hydrogen-bond acceptors (Lipinski definition) is 7. The van der Waals surface area contributed by atoms with Crippen LogP contribution in [-0.2, 0) is 10.7 Å². The van der Waals surface area contributed by atoms with Gasteiger partial charge in [-0.05, 0) is 19.1 Å². The molecule has 0 aromatic carbocycles. The van der Waals surface area contributed by atoms with Gasteiger partial charge in [0.25, 0.3) is 0 Å². The van der Waals surface area contributed by atoms with Gasteiger partial charge in [-0.2, -0.15) is 8.78 Å². The minimum absolute atomic E-state index is 0.190. The number of anilines is 4. The van der Waals surface area contributed by atoms with E-state index in [0.29, 0.717) is 28.5 Å². The number of alkyl halides is 2. The standard InChI is InChI=1S/C21H23F2N7O/c1-12-8-19(29-20(26-12)21(3,22)23)28-17-9-18(27-13(2)31)25-11-15(17)16-7-6-14(10-24-16)30(4)5/h6-11H,1-5H3,(H2,25,26,27,28,29,31). The van der Waals surface area contributed by atoms with Crippen LogP contribution in [0.15, 0.2) is 36.7 Å². The number of carbonyl (C=O) groups excluding carboxylic acids is 1. The molecule has 0 aliphatic rings. The quantitative estimate of drug-likeness (QED) is 0.611. The minimum atomic E-state index is -3.19. The lowest BCUT2D eigenvalue weighted by atomic mass is 10.1. The Hall–Kier alpha value is -3.69. The van der Waals surface area contributed by atoms with E-state index < -0.39 is 11.7 Å². The molecule has 3 rings (SSSR count). The van der Waals surface area contributed by atoms with Gasteiger partial charge in [-0.1, -0.05) is 0 Å².